The average molecular weight is 1170 g/mol. The summed E-state index contributed by atoms with van der Waals surface area (Å²) in [5.41, 5.74) is 0. The zero-order valence-electron chi connectivity index (χ0n) is 47.1. The Kier molecular flexibility index (Phi) is 36.7. The van der Waals surface area contributed by atoms with Crippen molar-refractivity contribution in [3.05, 3.63) is 36.5 Å². The molecule has 0 aromatic heterocycles. The number of hydrogen-bond acceptors (Lipinski definition) is 22. The molecule has 466 valence electrons. The third kappa shape index (κ3) is 26.3. The maximum Gasteiger partial charge on any atom is 0.472 e. The van der Waals surface area contributed by atoms with Crippen LogP contribution >= 0.6 is 7.82 Å². The summed E-state index contributed by atoms with van der Waals surface area (Å²) in [5.74, 6) is -1.61. The molecule has 3 fully saturated rings. The SMILES string of the molecule is CCCCCCCCC/C=C\CCCCCC(=O)OCC(COP(=O)(O)OC1C(OC2OC(CO)C(O)C(O)C2O)C(O)C(O)C(O)C1OC1OC(CO)C(O)C(O)C1O)OC(=O)/C=C/C=C/CCCCCCCCCCCCC. The van der Waals surface area contributed by atoms with Crippen molar-refractivity contribution in [1.29, 1.82) is 0 Å². The van der Waals surface area contributed by atoms with Gasteiger partial charge in [0.15, 0.2) is 18.7 Å². The van der Waals surface area contributed by atoms with E-state index in [0.29, 0.717) is 6.42 Å². The molecule has 3 rings (SSSR count). The van der Waals surface area contributed by atoms with E-state index >= 15 is 0 Å². The van der Waals surface area contributed by atoms with E-state index in [1.807, 2.05) is 6.08 Å². The molecule has 0 aromatic rings. The molecule has 23 nitrogen and oxygen atoms in total. The fraction of sp³-hybridized carbons (Fsp3) is 0.857. The van der Waals surface area contributed by atoms with Crippen LogP contribution in [0.1, 0.15) is 174 Å². The molecular weight excluding hydrogens is 1070 g/mol. The topological polar surface area (TPSA) is 368 Å². The summed E-state index contributed by atoms with van der Waals surface area (Å²) < 4.78 is 57.8. The highest BCUT2D eigenvalue weighted by molar-refractivity contribution is 7.47. The maximum absolute atomic E-state index is 14.0. The van der Waals surface area contributed by atoms with Crippen molar-refractivity contribution < 1.29 is 113 Å². The summed E-state index contributed by atoms with van der Waals surface area (Å²) in [7, 11) is -5.66. The van der Waals surface area contributed by atoms with E-state index in [1.165, 1.54) is 96.0 Å². The lowest BCUT2D eigenvalue weighted by atomic mass is 9.84. The largest absolute Gasteiger partial charge is 0.472 e. The van der Waals surface area contributed by atoms with Crippen molar-refractivity contribution in [2.24, 2.45) is 0 Å². The Morgan fingerprint density at radius 2 is 0.912 bits per heavy atom. The van der Waals surface area contributed by atoms with E-state index in [1.54, 1.807) is 6.08 Å². The third-order valence-corrected chi connectivity index (χ3v) is 15.5. The van der Waals surface area contributed by atoms with E-state index in [9.17, 15) is 75.2 Å². The van der Waals surface area contributed by atoms with Crippen LogP contribution in [0.3, 0.4) is 0 Å². The molecule has 0 spiro atoms. The van der Waals surface area contributed by atoms with Gasteiger partial charge in [-0.1, -0.05) is 153 Å². The van der Waals surface area contributed by atoms with Gasteiger partial charge in [-0.15, -0.1) is 0 Å². The lowest BCUT2D eigenvalue weighted by molar-refractivity contribution is -0.360. The maximum atomic E-state index is 14.0. The summed E-state index contributed by atoms with van der Waals surface area (Å²) in [6.07, 6.45) is 2.03. The number of hydrogen-bond donors (Lipinski definition) is 12. The van der Waals surface area contributed by atoms with E-state index in [4.69, 9.17) is 37.5 Å². The van der Waals surface area contributed by atoms with Crippen molar-refractivity contribution in [3.63, 3.8) is 0 Å². The second-order valence-corrected chi connectivity index (χ2v) is 22.6. The molecule has 1 aliphatic carbocycles. The molecule has 16 unspecified atom stereocenters. The smallest absolute Gasteiger partial charge is 0.462 e. The standard InChI is InChI=1S/C56H99O23P/c1-3-5-7-9-11-13-15-17-19-21-23-25-27-29-31-33-42(60)74-38(36-72-41(59)32-30-28-26-24-22-20-18-16-14-12-10-8-6-4-2)37-73-80(70,71)79-54-52(77-55-50(68)45(63)43(61)39(34-57)75-55)48(66)47(65)49(67)53(54)78-56-51(69)46(64)44(62)40(35-58)76-56/h20,22,27,29,31,33,38-40,43-58,61-69H,3-19,21,23-26,28,30,32,34-37H2,1-2H3,(H,70,71)/b22-20-,29-27+,33-31+. The van der Waals surface area contributed by atoms with Gasteiger partial charge in [-0.05, 0) is 44.9 Å². The summed E-state index contributed by atoms with van der Waals surface area (Å²) in [6.45, 7) is 0.871. The predicted octanol–water partition coefficient (Wildman–Crippen LogP) is 3.87. The Hall–Kier alpha value is -2.33. The van der Waals surface area contributed by atoms with Crippen molar-refractivity contribution in [3.8, 4) is 0 Å². The van der Waals surface area contributed by atoms with Crippen molar-refractivity contribution in [2.45, 2.75) is 279 Å². The van der Waals surface area contributed by atoms with Crippen LogP contribution in [-0.4, -0.2) is 204 Å². The number of phosphoric ester groups is 1. The number of carbonyl (C=O) groups excluding carboxylic acids is 2. The number of unbranched alkanes of at least 4 members (excludes halogenated alkanes) is 21. The molecule has 24 heteroatoms. The van der Waals surface area contributed by atoms with Gasteiger partial charge in [0.05, 0.1) is 19.8 Å². The molecule has 2 saturated heterocycles. The second kappa shape index (κ2) is 40.8. The zero-order valence-corrected chi connectivity index (χ0v) is 48.0. The third-order valence-electron chi connectivity index (χ3n) is 14.5. The molecule has 2 heterocycles. The first-order valence-electron chi connectivity index (χ1n) is 29.4. The highest BCUT2D eigenvalue weighted by Crippen LogP contribution is 2.49. The first-order valence-corrected chi connectivity index (χ1v) is 30.9. The number of phosphoric acid groups is 1. The Morgan fingerprint density at radius 3 is 1.36 bits per heavy atom. The summed E-state index contributed by atoms with van der Waals surface area (Å²) in [6, 6.07) is 0. The van der Waals surface area contributed by atoms with Gasteiger partial charge in [-0.3, -0.25) is 13.8 Å². The van der Waals surface area contributed by atoms with Crippen LogP contribution < -0.4 is 0 Å². The minimum atomic E-state index is -5.66. The highest BCUT2D eigenvalue weighted by Gasteiger charge is 2.58. The Labute approximate surface area is 472 Å². The highest BCUT2D eigenvalue weighted by atomic mass is 31.2. The number of aliphatic hydroxyl groups excluding tert-OH is 11. The Morgan fingerprint density at radius 1 is 0.500 bits per heavy atom. The van der Waals surface area contributed by atoms with Gasteiger partial charge in [0.25, 0.3) is 0 Å². The zero-order chi connectivity index (χ0) is 58.9. The molecule has 12 N–H and O–H groups in total. The van der Waals surface area contributed by atoms with Crippen LogP contribution in [0.15, 0.2) is 36.5 Å². The van der Waals surface area contributed by atoms with Crippen LogP contribution in [0.25, 0.3) is 0 Å². The number of ether oxygens (including phenoxy) is 6. The normalized spacial score (nSPS) is 31.5. The first kappa shape index (κ1) is 71.9. The quantitative estimate of drug-likeness (QED) is 0.0103. The number of allylic oxidation sites excluding steroid dienone is 5. The van der Waals surface area contributed by atoms with Gasteiger partial charge in [0.2, 0.25) is 0 Å². The molecule has 0 aromatic carbocycles. The number of rotatable bonds is 42. The molecular formula is C56H99O23P. The van der Waals surface area contributed by atoms with Crippen LogP contribution in [-0.2, 0) is 51.6 Å². The van der Waals surface area contributed by atoms with Gasteiger partial charge in [0.1, 0.15) is 92.1 Å². The fourth-order valence-corrected chi connectivity index (χ4v) is 10.6. The van der Waals surface area contributed by atoms with Gasteiger partial charge < -0.3 is 89.5 Å². The minimum absolute atomic E-state index is 0.0124. The van der Waals surface area contributed by atoms with Gasteiger partial charge in [-0.25, -0.2) is 9.36 Å². The summed E-state index contributed by atoms with van der Waals surface area (Å²) in [4.78, 5) is 37.3. The molecule has 80 heavy (non-hydrogen) atoms. The lowest BCUT2D eigenvalue weighted by Gasteiger charge is -2.49. The van der Waals surface area contributed by atoms with Gasteiger partial charge in [-0.2, -0.15) is 0 Å². The van der Waals surface area contributed by atoms with Crippen molar-refractivity contribution in [2.75, 3.05) is 26.4 Å². The van der Waals surface area contributed by atoms with Crippen LogP contribution in [0.5, 0.6) is 0 Å². The Bertz CT molecular complexity index is 1740. The Balaban J connectivity index is 1.74. The summed E-state index contributed by atoms with van der Waals surface area (Å²) in [5, 5.41) is 117. The molecule has 3 aliphatic rings. The summed E-state index contributed by atoms with van der Waals surface area (Å²) >= 11 is 0. The van der Waals surface area contributed by atoms with Crippen molar-refractivity contribution in [1.82, 2.24) is 0 Å². The minimum Gasteiger partial charge on any atom is -0.462 e. The molecule has 0 amide bonds. The van der Waals surface area contributed by atoms with E-state index < -0.39 is 150 Å². The van der Waals surface area contributed by atoms with E-state index in [0.717, 1.165) is 63.9 Å². The molecule has 16 atom stereocenters. The number of aliphatic hydroxyl groups is 11. The van der Waals surface area contributed by atoms with Gasteiger partial charge in [0, 0.05) is 12.5 Å². The monoisotopic (exact) mass is 1170 g/mol. The van der Waals surface area contributed by atoms with Gasteiger partial charge >= 0.3 is 19.8 Å². The second-order valence-electron chi connectivity index (χ2n) is 21.2. The molecule has 1 saturated carbocycles. The first-order chi connectivity index (χ1) is 38.4. The fourth-order valence-electron chi connectivity index (χ4n) is 9.61. The van der Waals surface area contributed by atoms with Crippen LogP contribution in [0, 0.1) is 0 Å². The molecule has 0 radical (unpaired) electrons. The van der Waals surface area contributed by atoms with E-state index in [2.05, 4.69) is 26.0 Å². The molecule has 0 bridgehead atoms. The van der Waals surface area contributed by atoms with Crippen LogP contribution in [0.4, 0.5) is 0 Å². The predicted molar refractivity (Wildman–Crippen MR) is 291 cm³/mol. The molecule has 2 aliphatic heterocycles. The van der Waals surface area contributed by atoms with Crippen LogP contribution in [0.2, 0.25) is 0 Å². The number of esters is 2. The number of carbonyl (C=O) groups is 2. The van der Waals surface area contributed by atoms with E-state index in [-0.39, 0.29) is 6.42 Å². The lowest BCUT2D eigenvalue weighted by Crippen LogP contribution is -2.69. The average Bonchev–Trinajstić information content (AvgIpc) is 3.52. The van der Waals surface area contributed by atoms with Crippen molar-refractivity contribution >= 4 is 19.8 Å².